The van der Waals surface area contributed by atoms with Crippen LogP contribution in [0.15, 0.2) is 188 Å². The maximum Gasteiger partial charge on any atom is 0.153 e. The van der Waals surface area contributed by atoms with E-state index in [0.717, 1.165) is 61.6 Å². The van der Waals surface area contributed by atoms with Crippen LogP contribution in [-0.2, 0) is 21.7 Å². The maximum absolute atomic E-state index is 6.70. The van der Waals surface area contributed by atoms with Gasteiger partial charge in [0, 0.05) is 27.9 Å². The van der Waals surface area contributed by atoms with Crippen LogP contribution in [0.1, 0.15) is 105 Å². The molecular weight excluding hydrogens is 942 g/mol. The molecule has 0 spiro atoms. The highest BCUT2D eigenvalue weighted by Gasteiger charge is 2.28. The van der Waals surface area contributed by atoms with E-state index in [1.807, 2.05) is 36.4 Å². The van der Waals surface area contributed by atoms with Crippen LogP contribution >= 0.6 is 23.2 Å². The van der Waals surface area contributed by atoms with Crippen LogP contribution in [0.25, 0.3) is 66.8 Å². The lowest BCUT2D eigenvalue weighted by atomic mass is 9.84. The Kier molecular flexibility index (Phi) is 13.1. The van der Waals surface area contributed by atoms with Crippen LogP contribution in [-0.4, -0.2) is 0 Å². The molecule has 0 radical (unpaired) electrons. The fourth-order valence-electron chi connectivity index (χ4n) is 10.0. The van der Waals surface area contributed by atoms with Crippen molar-refractivity contribution in [2.24, 2.45) is 0 Å². The van der Waals surface area contributed by atoms with Crippen LogP contribution in [0.2, 0.25) is 10.0 Å². The van der Waals surface area contributed by atoms with Crippen LogP contribution < -0.4 is 9.64 Å². The normalized spacial score (nSPS) is 12.8. The zero-order valence-corrected chi connectivity index (χ0v) is 46.5. The van der Waals surface area contributed by atoms with Crippen molar-refractivity contribution >= 4 is 40.3 Å². The van der Waals surface area contributed by atoms with Gasteiger partial charge in [-0.25, -0.2) is 0 Å². The largest absolute Gasteiger partial charge is 0.453 e. The van der Waals surface area contributed by atoms with E-state index in [2.05, 4.69) is 240 Å². The predicted octanol–water partition coefficient (Wildman–Crippen LogP) is 21.8. The molecule has 0 aromatic heterocycles. The van der Waals surface area contributed by atoms with E-state index in [1.54, 1.807) is 0 Å². The highest BCUT2D eigenvalue weighted by Crippen LogP contribution is 2.53. The monoisotopic (exact) mass is 1010 g/mol. The summed E-state index contributed by atoms with van der Waals surface area (Å²) in [7, 11) is 0. The molecule has 0 unspecified atom stereocenters. The molecule has 1 heterocycles. The highest BCUT2D eigenvalue weighted by atomic mass is 35.5. The van der Waals surface area contributed by atoms with E-state index in [0.29, 0.717) is 21.5 Å². The van der Waals surface area contributed by atoms with Crippen molar-refractivity contribution in [2.45, 2.75) is 105 Å². The predicted molar refractivity (Wildman–Crippen MR) is 319 cm³/mol. The molecular formula is C70H67Cl2NO. The Morgan fingerprint density at radius 1 is 0.270 bits per heavy atom. The number of rotatable bonds is 7. The minimum atomic E-state index is 0.0352. The molecule has 0 fully saturated rings. The van der Waals surface area contributed by atoms with E-state index >= 15 is 0 Å². The first-order valence-corrected chi connectivity index (χ1v) is 26.7. The van der Waals surface area contributed by atoms with Gasteiger partial charge in [-0.2, -0.15) is 0 Å². The smallest absolute Gasteiger partial charge is 0.153 e. The van der Waals surface area contributed by atoms with Gasteiger partial charge < -0.3 is 9.64 Å². The molecule has 1 aliphatic heterocycles. The topological polar surface area (TPSA) is 12.5 Å². The molecule has 0 atom stereocenters. The molecule has 2 nitrogen and oxygen atoms in total. The fourth-order valence-corrected chi connectivity index (χ4v) is 10.3. The van der Waals surface area contributed by atoms with Crippen molar-refractivity contribution < 1.29 is 4.74 Å². The van der Waals surface area contributed by atoms with Gasteiger partial charge >= 0.3 is 0 Å². The molecule has 9 aromatic carbocycles. The average molecular weight is 1010 g/mol. The zero-order chi connectivity index (χ0) is 52.5. The van der Waals surface area contributed by atoms with Crippen molar-refractivity contribution in [3.8, 4) is 78.3 Å². The zero-order valence-electron chi connectivity index (χ0n) is 45.0. The summed E-state index contributed by atoms with van der Waals surface area (Å²) in [5.41, 5.74) is 21.7. The Morgan fingerprint density at radius 3 is 0.743 bits per heavy atom. The summed E-state index contributed by atoms with van der Waals surface area (Å²) in [4.78, 5) is 2.29. The molecule has 9 aromatic rings. The lowest BCUT2D eigenvalue weighted by Gasteiger charge is -2.33. The van der Waals surface area contributed by atoms with Crippen molar-refractivity contribution in [1.82, 2.24) is 0 Å². The quantitative estimate of drug-likeness (QED) is 0.158. The second kappa shape index (κ2) is 19.1. The Balaban J connectivity index is 1.24. The summed E-state index contributed by atoms with van der Waals surface area (Å²) in [6.45, 7) is 27.2. The molecule has 0 amide bonds. The van der Waals surface area contributed by atoms with E-state index in [9.17, 15) is 0 Å². The molecule has 1 aliphatic rings. The third-order valence-corrected chi connectivity index (χ3v) is 15.1. The summed E-state index contributed by atoms with van der Waals surface area (Å²) in [6.07, 6.45) is 0. The summed E-state index contributed by atoms with van der Waals surface area (Å²) in [5.74, 6) is 1.31. The van der Waals surface area contributed by atoms with Gasteiger partial charge in [-0.05, 0) is 190 Å². The second-order valence-corrected chi connectivity index (χ2v) is 25.2. The number of fused-ring (bicyclic) bond motifs is 2. The first-order valence-electron chi connectivity index (χ1n) is 25.9. The van der Waals surface area contributed by atoms with E-state index in [4.69, 9.17) is 27.9 Å². The molecule has 372 valence electrons. The Bertz CT molecular complexity index is 3160. The van der Waals surface area contributed by atoms with Crippen LogP contribution in [0.3, 0.4) is 0 Å². The molecule has 0 saturated carbocycles. The van der Waals surface area contributed by atoms with Crippen LogP contribution in [0.5, 0.6) is 11.5 Å². The molecule has 0 aliphatic carbocycles. The maximum atomic E-state index is 6.70. The molecule has 74 heavy (non-hydrogen) atoms. The number of anilines is 3. The first-order chi connectivity index (χ1) is 34.9. The molecule has 0 bridgehead atoms. The standard InChI is InChI=1S/C70H67Cl2NO/c1-67(2,3)56-21-13-44(14-22-56)48-33-49(45-15-23-57(24-16-45)68(4,5)6)36-52(35-48)54-39-55(41-62(40-54)73-63-31-29-60(71)42-65(63)74-66-43-61(72)30-32-64(66)73)53-37-50(46-17-25-58(26-18-46)69(7,8)9)34-51(38-53)47-19-27-59(28-20-47)70(10,11)12/h13-43H,1-12H3. The van der Waals surface area contributed by atoms with E-state index < -0.39 is 0 Å². The van der Waals surface area contributed by atoms with Gasteiger partial charge in [-0.3, -0.25) is 0 Å². The average Bonchev–Trinajstić information content (AvgIpc) is 3.36. The lowest BCUT2D eigenvalue weighted by Crippen LogP contribution is -2.16. The Morgan fingerprint density at radius 2 is 0.500 bits per heavy atom. The first kappa shape index (κ1) is 50.7. The number of ether oxygens (including phenoxy) is 1. The van der Waals surface area contributed by atoms with E-state index in [-0.39, 0.29) is 21.7 Å². The summed E-state index contributed by atoms with van der Waals surface area (Å²) in [6, 6.07) is 69.3. The van der Waals surface area contributed by atoms with Gasteiger partial charge in [0.2, 0.25) is 0 Å². The van der Waals surface area contributed by atoms with Gasteiger partial charge in [-0.1, -0.05) is 203 Å². The Labute approximate surface area is 450 Å². The number of hydrogen-bond acceptors (Lipinski definition) is 2. The molecule has 4 heteroatoms. The summed E-state index contributed by atoms with van der Waals surface area (Å²) < 4.78 is 6.59. The number of halogens is 2. The van der Waals surface area contributed by atoms with Crippen molar-refractivity contribution in [2.75, 3.05) is 4.90 Å². The summed E-state index contributed by atoms with van der Waals surface area (Å²) >= 11 is 13.4. The molecule has 0 N–H and O–H groups in total. The van der Waals surface area contributed by atoms with Crippen LogP contribution in [0.4, 0.5) is 17.1 Å². The van der Waals surface area contributed by atoms with Gasteiger partial charge in [0.1, 0.15) is 0 Å². The van der Waals surface area contributed by atoms with Crippen molar-refractivity contribution in [3.05, 3.63) is 220 Å². The third kappa shape index (κ3) is 10.6. The van der Waals surface area contributed by atoms with Gasteiger partial charge in [0.15, 0.2) is 11.5 Å². The summed E-state index contributed by atoms with van der Waals surface area (Å²) in [5, 5.41) is 1.18. The Hall–Kier alpha value is -6.84. The van der Waals surface area contributed by atoms with Gasteiger partial charge in [0.25, 0.3) is 0 Å². The second-order valence-electron chi connectivity index (χ2n) is 24.3. The van der Waals surface area contributed by atoms with Crippen LogP contribution in [0, 0.1) is 0 Å². The van der Waals surface area contributed by atoms with Gasteiger partial charge in [-0.15, -0.1) is 0 Å². The third-order valence-electron chi connectivity index (χ3n) is 14.6. The van der Waals surface area contributed by atoms with Gasteiger partial charge in [0.05, 0.1) is 11.4 Å². The lowest BCUT2D eigenvalue weighted by molar-refractivity contribution is 0.477. The minimum Gasteiger partial charge on any atom is -0.453 e. The molecule has 10 rings (SSSR count). The highest BCUT2D eigenvalue weighted by molar-refractivity contribution is 6.31. The molecule has 0 saturated heterocycles. The number of nitrogens with zero attached hydrogens (tertiary/aromatic N) is 1. The van der Waals surface area contributed by atoms with Crippen molar-refractivity contribution in [3.63, 3.8) is 0 Å². The van der Waals surface area contributed by atoms with Crippen molar-refractivity contribution in [1.29, 1.82) is 0 Å². The number of hydrogen-bond donors (Lipinski definition) is 0. The van der Waals surface area contributed by atoms with E-state index in [1.165, 1.54) is 44.5 Å². The number of benzene rings is 9. The SMILES string of the molecule is CC(C)(C)c1ccc(-c2cc(-c3ccc(C(C)(C)C)cc3)cc(-c3cc(-c4cc(-c5ccc(C(C)(C)C)cc5)cc(-c5ccc(C(C)(C)C)cc5)c4)cc(N4c5ccc(Cl)cc5Oc5cc(Cl)ccc54)c3)c2)cc1. The minimum absolute atomic E-state index is 0.0352. The fraction of sp³-hybridized carbons (Fsp3) is 0.229.